The molecule has 2 aromatic carbocycles. The monoisotopic (exact) mass is 404 g/mol. The van der Waals surface area contributed by atoms with Gasteiger partial charge in [0.1, 0.15) is 6.73 Å². The number of benzene rings is 2. The third kappa shape index (κ3) is 4.06. The first kappa shape index (κ1) is 19.7. The Morgan fingerprint density at radius 3 is 2.90 bits per heavy atom. The van der Waals surface area contributed by atoms with E-state index in [1.807, 2.05) is 73.4 Å². The molecule has 3 aromatic rings. The predicted molar refractivity (Wildman–Crippen MR) is 117 cm³/mol. The molecule has 0 radical (unpaired) electrons. The van der Waals surface area contributed by atoms with Crippen molar-refractivity contribution in [2.24, 2.45) is 0 Å². The lowest BCUT2D eigenvalue weighted by Gasteiger charge is -2.22. The highest BCUT2D eigenvalue weighted by Gasteiger charge is 2.19. The summed E-state index contributed by atoms with van der Waals surface area (Å²) >= 11 is 0. The van der Waals surface area contributed by atoms with E-state index < -0.39 is 0 Å². The molecule has 1 N–H and O–H groups in total. The Morgan fingerprint density at radius 1 is 1.23 bits per heavy atom. The van der Waals surface area contributed by atoms with Gasteiger partial charge in [0.2, 0.25) is 0 Å². The number of nitrogens with one attached hydrogen (secondary N) is 1. The molecule has 0 bridgehead atoms. The third-order valence-electron chi connectivity index (χ3n) is 4.81. The fourth-order valence-corrected chi connectivity index (χ4v) is 3.27. The standard InChI is InChI=1S/C23H24N4O3/c1-3-29-16-27(20-11-5-4-8-17(20)2)23-25-15-21(30-23)18-9-6-10-19(14-18)26-13-7-12-24-22(26)28/h4-11,13-15H,3,12,16H2,1-2H3,(H,24,28). The number of aromatic nitrogens is 1. The molecule has 0 saturated heterocycles. The van der Waals surface area contributed by atoms with E-state index in [4.69, 9.17) is 9.15 Å². The van der Waals surface area contributed by atoms with Gasteiger partial charge in [-0.3, -0.25) is 9.80 Å². The van der Waals surface area contributed by atoms with Crippen LogP contribution < -0.4 is 15.1 Å². The van der Waals surface area contributed by atoms with Gasteiger partial charge in [0.25, 0.3) is 0 Å². The van der Waals surface area contributed by atoms with Gasteiger partial charge in [-0.25, -0.2) is 9.78 Å². The molecule has 2 heterocycles. The Labute approximate surface area is 175 Å². The normalized spacial score (nSPS) is 13.4. The third-order valence-corrected chi connectivity index (χ3v) is 4.81. The van der Waals surface area contributed by atoms with Crippen molar-refractivity contribution < 1.29 is 13.9 Å². The Morgan fingerprint density at radius 2 is 2.10 bits per heavy atom. The van der Waals surface area contributed by atoms with Gasteiger partial charge in [0.05, 0.1) is 17.6 Å². The van der Waals surface area contributed by atoms with Crippen molar-refractivity contribution in [3.8, 4) is 11.3 Å². The minimum absolute atomic E-state index is 0.157. The summed E-state index contributed by atoms with van der Waals surface area (Å²) in [6, 6.07) is 15.9. The minimum atomic E-state index is -0.157. The summed E-state index contributed by atoms with van der Waals surface area (Å²) in [6.45, 7) is 5.45. The molecule has 1 aliphatic rings. The number of anilines is 3. The number of carbonyl (C=O) groups is 1. The van der Waals surface area contributed by atoms with Crippen LogP contribution in [0.4, 0.5) is 22.2 Å². The van der Waals surface area contributed by atoms with E-state index in [2.05, 4.69) is 10.3 Å². The number of rotatable bonds is 7. The average Bonchev–Trinajstić information content (AvgIpc) is 3.26. The van der Waals surface area contributed by atoms with Crippen LogP contribution in [0.3, 0.4) is 0 Å². The van der Waals surface area contributed by atoms with E-state index in [-0.39, 0.29) is 6.03 Å². The van der Waals surface area contributed by atoms with Crippen LogP contribution in [0.25, 0.3) is 11.3 Å². The number of aryl methyl sites for hydroxylation is 1. The molecule has 0 saturated carbocycles. The zero-order valence-corrected chi connectivity index (χ0v) is 17.0. The van der Waals surface area contributed by atoms with Gasteiger partial charge in [-0.05, 0) is 43.7 Å². The van der Waals surface area contributed by atoms with Gasteiger partial charge < -0.3 is 14.5 Å². The van der Waals surface area contributed by atoms with Gasteiger partial charge in [0, 0.05) is 24.9 Å². The van der Waals surface area contributed by atoms with Gasteiger partial charge >= 0.3 is 12.0 Å². The van der Waals surface area contributed by atoms with Crippen molar-refractivity contribution in [3.05, 3.63) is 72.6 Å². The molecule has 0 unspecified atom stereocenters. The summed E-state index contributed by atoms with van der Waals surface area (Å²) in [6.07, 6.45) is 5.36. The van der Waals surface area contributed by atoms with Crippen molar-refractivity contribution in [2.75, 3.05) is 29.7 Å². The van der Waals surface area contributed by atoms with E-state index >= 15 is 0 Å². The molecule has 1 aliphatic heterocycles. The first-order valence-corrected chi connectivity index (χ1v) is 9.88. The Balaban J connectivity index is 1.65. The van der Waals surface area contributed by atoms with Gasteiger partial charge in [-0.2, -0.15) is 0 Å². The average molecular weight is 404 g/mol. The molecule has 4 rings (SSSR count). The molecule has 7 nitrogen and oxygen atoms in total. The van der Waals surface area contributed by atoms with Crippen molar-refractivity contribution in [3.63, 3.8) is 0 Å². The summed E-state index contributed by atoms with van der Waals surface area (Å²) in [4.78, 5) is 20.1. The number of nitrogens with zero attached hydrogens (tertiary/aromatic N) is 3. The first-order valence-electron chi connectivity index (χ1n) is 9.88. The van der Waals surface area contributed by atoms with Crippen LogP contribution >= 0.6 is 0 Å². The second-order valence-corrected chi connectivity index (χ2v) is 6.83. The van der Waals surface area contributed by atoms with Crippen molar-refractivity contribution >= 4 is 23.4 Å². The zero-order valence-electron chi connectivity index (χ0n) is 17.0. The Hall–Kier alpha value is -3.58. The lowest BCUT2D eigenvalue weighted by molar-refractivity contribution is 0.151. The Bertz CT molecular complexity index is 1060. The van der Waals surface area contributed by atoms with Crippen LogP contribution in [0, 0.1) is 6.92 Å². The van der Waals surface area contributed by atoms with E-state index in [0.717, 1.165) is 22.5 Å². The second kappa shape index (κ2) is 8.84. The largest absolute Gasteiger partial charge is 0.423 e. The van der Waals surface area contributed by atoms with Crippen LogP contribution in [-0.4, -0.2) is 30.9 Å². The molecule has 0 aliphatic carbocycles. The molecular formula is C23H24N4O3. The summed E-state index contributed by atoms with van der Waals surface area (Å²) < 4.78 is 11.8. The van der Waals surface area contributed by atoms with Gasteiger partial charge in [-0.15, -0.1) is 0 Å². The van der Waals surface area contributed by atoms with Gasteiger partial charge in [-0.1, -0.05) is 30.3 Å². The number of ether oxygens (including phenoxy) is 1. The summed E-state index contributed by atoms with van der Waals surface area (Å²) in [5.41, 5.74) is 3.66. The fourth-order valence-electron chi connectivity index (χ4n) is 3.27. The number of oxazole rings is 1. The first-order chi connectivity index (χ1) is 14.7. The highest BCUT2D eigenvalue weighted by atomic mass is 16.5. The molecule has 0 atom stereocenters. The van der Waals surface area contributed by atoms with E-state index in [1.165, 1.54) is 0 Å². The molecular weight excluding hydrogens is 380 g/mol. The van der Waals surface area contributed by atoms with Crippen molar-refractivity contribution in [1.29, 1.82) is 0 Å². The van der Waals surface area contributed by atoms with Gasteiger partial charge in [0.15, 0.2) is 5.76 Å². The smallest absolute Gasteiger partial charge is 0.326 e. The van der Waals surface area contributed by atoms with E-state index in [0.29, 0.717) is 31.7 Å². The van der Waals surface area contributed by atoms with Crippen molar-refractivity contribution in [2.45, 2.75) is 13.8 Å². The number of hydrogen-bond donors (Lipinski definition) is 1. The number of amides is 2. The van der Waals surface area contributed by atoms with Crippen LogP contribution in [0.1, 0.15) is 12.5 Å². The minimum Gasteiger partial charge on any atom is -0.423 e. The van der Waals surface area contributed by atoms with Crippen LogP contribution in [0.15, 0.2) is 71.4 Å². The summed E-state index contributed by atoms with van der Waals surface area (Å²) in [5, 5.41) is 2.80. The quantitative estimate of drug-likeness (QED) is 0.572. The molecule has 2 amide bonds. The fraction of sp³-hybridized carbons (Fsp3) is 0.217. The number of carbonyl (C=O) groups excluding carboxylic acids is 1. The molecule has 7 heteroatoms. The number of urea groups is 1. The Kier molecular flexibility index (Phi) is 5.81. The second-order valence-electron chi connectivity index (χ2n) is 6.83. The molecule has 30 heavy (non-hydrogen) atoms. The molecule has 0 spiro atoms. The maximum absolute atomic E-state index is 12.1. The topological polar surface area (TPSA) is 70.8 Å². The predicted octanol–water partition coefficient (Wildman–Crippen LogP) is 4.83. The summed E-state index contributed by atoms with van der Waals surface area (Å²) in [7, 11) is 0. The lowest BCUT2D eigenvalue weighted by atomic mass is 10.1. The maximum Gasteiger partial charge on any atom is 0.326 e. The van der Waals surface area contributed by atoms with E-state index in [9.17, 15) is 4.79 Å². The van der Waals surface area contributed by atoms with Crippen LogP contribution in [0.2, 0.25) is 0 Å². The molecule has 154 valence electrons. The highest BCUT2D eigenvalue weighted by molar-refractivity contribution is 5.95. The zero-order chi connectivity index (χ0) is 20.9. The van der Waals surface area contributed by atoms with Crippen LogP contribution in [-0.2, 0) is 4.74 Å². The van der Waals surface area contributed by atoms with Crippen molar-refractivity contribution in [1.82, 2.24) is 10.3 Å². The SMILES string of the molecule is CCOCN(c1ncc(-c2cccc(N3C=CCNC3=O)c2)o1)c1ccccc1C. The summed E-state index contributed by atoms with van der Waals surface area (Å²) in [5.74, 6) is 0.614. The van der Waals surface area contributed by atoms with Crippen LogP contribution in [0.5, 0.6) is 0 Å². The number of para-hydroxylation sites is 1. The highest BCUT2D eigenvalue weighted by Crippen LogP contribution is 2.32. The maximum atomic E-state index is 12.1. The molecule has 0 fully saturated rings. The lowest BCUT2D eigenvalue weighted by Crippen LogP contribution is -2.39. The van der Waals surface area contributed by atoms with E-state index in [1.54, 1.807) is 17.3 Å². The number of hydrogen-bond acceptors (Lipinski definition) is 5. The molecule has 1 aromatic heterocycles.